The molecule has 0 spiro atoms. The smallest absolute Gasteiger partial charge is 0.115 e. The van der Waals surface area contributed by atoms with Gasteiger partial charge in [-0.25, -0.2) is 9.97 Å². The molecule has 0 aromatic carbocycles. The van der Waals surface area contributed by atoms with Crippen LogP contribution in [0.4, 0.5) is 0 Å². The molecule has 104 valence electrons. The highest BCUT2D eigenvalue weighted by molar-refractivity contribution is 5.19. The molecule has 2 saturated heterocycles. The van der Waals surface area contributed by atoms with Crippen molar-refractivity contribution < 1.29 is 9.84 Å². The van der Waals surface area contributed by atoms with Crippen LogP contribution in [0.3, 0.4) is 0 Å². The standard InChI is InChI=1S/C14H21N3O2/c1-10-6-15-9-16-14(10)11-2-4-17(5-3-11)12-7-19-8-13(12)18/h6,9,11-13,18H,2-5,7-8H2,1H3/t12-,13-/m0/s1. The van der Waals surface area contributed by atoms with E-state index in [1.54, 1.807) is 6.33 Å². The second kappa shape index (κ2) is 5.53. The van der Waals surface area contributed by atoms with Crippen molar-refractivity contribution in [3.05, 3.63) is 23.8 Å². The third-order valence-corrected chi connectivity index (χ3v) is 4.34. The molecule has 0 saturated carbocycles. The number of nitrogens with zero attached hydrogens (tertiary/aromatic N) is 3. The molecule has 2 aliphatic heterocycles. The van der Waals surface area contributed by atoms with Crippen LogP contribution >= 0.6 is 0 Å². The summed E-state index contributed by atoms with van der Waals surface area (Å²) in [6.07, 6.45) is 5.41. The lowest BCUT2D eigenvalue weighted by Crippen LogP contribution is -2.46. The number of piperidine rings is 1. The van der Waals surface area contributed by atoms with E-state index in [9.17, 15) is 5.11 Å². The van der Waals surface area contributed by atoms with E-state index in [1.807, 2.05) is 6.20 Å². The molecule has 3 rings (SSSR count). The van der Waals surface area contributed by atoms with Crippen LogP contribution in [0.2, 0.25) is 0 Å². The van der Waals surface area contributed by atoms with Crippen LogP contribution in [0, 0.1) is 6.92 Å². The van der Waals surface area contributed by atoms with E-state index < -0.39 is 0 Å². The van der Waals surface area contributed by atoms with Crippen LogP contribution in [-0.4, -0.2) is 58.4 Å². The van der Waals surface area contributed by atoms with Crippen LogP contribution in [-0.2, 0) is 4.74 Å². The number of hydrogen-bond donors (Lipinski definition) is 1. The zero-order valence-corrected chi connectivity index (χ0v) is 11.3. The summed E-state index contributed by atoms with van der Waals surface area (Å²) in [7, 11) is 0. The van der Waals surface area contributed by atoms with Crippen molar-refractivity contribution in [3.63, 3.8) is 0 Å². The van der Waals surface area contributed by atoms with Gasteiger partial charge >= 0.3 is 0 Å². The van der Waals surface area contributed by atoms with Crippen molar-refractivity contribution in [3.8, 4) is 0 Å². The van der Waals surface area contributed by atoms with Crippen LogP contribution in [0.15, 0.2) is 12.5 Å². The Balaban J connectivity index is 1.62. The van der Waals surface area contributed by atoms with E-state index >= 15 is 0 Å². The number of aliphatic hydroxyl groups is 1. The maximum absolute atomic E-state index is 9.88. The molecule has 3 heterocycles. The SMILES string of the molecule is Cc1cncnc1C1CCN([C@H]2COC[C@@H]2O)CC1. The average molecular weight is 263 g/mol. The first kappa shape index (κ1) is 13.0. The van der Waals surface area contributed by atoms with Crippen molar-refractivity contribution in [2.24, 2.45) is 0 Å². The van der Waals surface area contributed by atoms with Gasteiger partial charge in [0.1, 0.15) is 6.33 Å². The highest BCUT2D eigenvalue weighted by Crippen LogP contribution is 2.30. The largest absolute Gasteiger partial charge is 0.389 e. The highest BCUT2D eigenvalue weighted by Gasteiger charge is 2.34. The van der Waals surface area contributed by atoms with Crippen LogP contribution < -0.4 is 0 Å². The number of ether oxygens (including phenoxy) is 1. The second-order valence-electron chi connectivity index (χ2n) is 5.57. The molecule has 0 radical (unpaired) electrons. The summed E-state index contributed by atoms with van der Waals surface area (Å²) < 4.78 is 5.34. The summed E-state index contributed by atoms with van der Waals surface area (Å²) in [5, 5.41) is 9.88. The minimum Gasteiger partial charge on any atom is -0.389 e. The number of aliphatic hydroxyl groups excluding tert-OH is 1. The molecule has 0 aliphatic carbocycles. The molecule has 5 heteroatoms. The summed E-state index contributed by atoms with van der Waals surface area (Å²) in [4.78, 5) is 10.9. The summed E-state index contributed by atoms with van der Waals surface area (Å²) in [6, 6.07) is 0.187. The Morgan fingerprint density at radius 1 is 1.32 bits per heavy atom. The molecule has 5 nitrogen and oxygen atoms in total. The minimum absolute atomic E-state index is 0.187. The monoisotopic (exact) mass is 263 g/mol. The van der Waals surface area contributed by atoms with Gasteiger partial charge < -0.3 is 9.84 Å². The third kappa shape index (κ3) is 2.63. The lowest BCUT2D eigenvalue weighted by atomic mass is 9.90. The minimum atomic E-state index is -0.322. The van der Waals surface area contributed by atoms with Crippen molar-refractivity contribution in [2.45, 2.75) is 37.8 Å². The zero-order valence-electron chi connectivity index (χ0n) is 11.3. The molecule has 0 amide bonds. The second-order valence-corrected chi connectivity index (χ2v) is 5.57. The van der Waals surface area contributed by atoms with Crippen molar-refractivity contribution in [1.82, 2.24) is 14.9 Å². The summed E-state index contributed by atoms with van der Waals surface area (Å²) >= 11 is 0. The van der Waals surface area contributed by atoms with Gasteiger partial charge in [0.05, 0.1) is 25.4 Å². The molecule has 1 aromatic heterocycles. The van der Waals surface area contributed by atoms with Crippen molar-refractivity contribution in [1.29, 1.82) is 0 Å². The average Bonchev–Trinajstić information content (AvgIpc) is 2.86. The lowest BCUT2D eigenvalue weighted by molar-refractivity contribution is 0.0660. The fraction of sp³-hybridized carbons (Fsp3) is 0.714. The Labute approximate surface area is 113 Å². The first-order chi connectivity index (χ1) is 9.25. The highest BCUT2D eigenvalue weighted by atomic mass is 16.5. The molecule has 2 atom stereocenters. The number of aryl methyl sites for hydroxylation is 1. The molecule has 2 fully saturated rings. The maximum Gasteiger partial charge on any atom is 0.115 e. The van der Waals surface area contributed by atoms with Gasteiger partial charge in [-0.3, -0.25) is 4.90 Å². The predicted octanol–water partition coefficient (Wildman–Crippen LogP) is 0.724. The predicted molar refractivity (Wildman–Crippen MR) is 70.9 cm³/mol. The van der Waals surface area contributed by atoms with E-state index in [-0.39, 0.29) is 12.1 Å². The number of rotatable bonds is 2. The Morgan fingerprint density at radius 3 is 2.74 bits per heavy atom. The van der Waals surface area contributed by atoms with Gasteiger partial charge in [-0.1, -0.05) is 0 Å². The van der Waals surface area contributed by atoms with Gasteiger partial charge in [-0.05, 0) is 38.4 Å². The number of likely N-dealkylation sites (tertiary alicyclic amines) is 1. The van der Waals surface area contributed by atoms with Gasteiger partial charge in [-0.15, -0.1) is 0 Å². The van der Waals surface area contributed by atoms with Gasteiger partial charge in [0.15, 0.2) is 0 Å². The number of hydrogen-bond acceptors (Lipinski definition) is 5. The van der Waals surface area contributed by atoms with E-state index in [2.05, 4.69) is 21.8 Å². The Hall–Kier alpha value is -1.04. The summed E-state index contributed by atoms with van der Waals surface area (Å²) in [5.74, 6) is 0.527. The molecule has 19 heavy (non-hydrogen) atoms. The first-order valence-corrected chi connectivity index (χ1v) is 7.02. The lowest BCUT2D eigenvalue weighted by Gasteiger charge is -2.36. The normalized spacial score (nSPS) is 29.8. The Morgan fingerprint density at radius 2 is 2.11 bits per heavy atom. The maximum atomic E-state index is 9.88. The molecular formula is C14H21N3O2. The fourth-order valence-electron chi connectivity index (χ4n) is 3.22. The summed E-state index contributed by atoms with van der Waals surface area (Å²) in [5.41, 5.74) is 2.38. The van der Waals surface area contributed by atoms with Crippen molar-refractivity contribution >= 4 is 0 Å². The van der Waals surface area contributed by atoms with Gasteiger partial charge in [0.25, 0.3) is 0 Å². The molecular weight excluding hydrogens is 242 g/mol. The molecule has 1 aromatic rings. The van der Waals surface area contributed by atoms with Crippen LogP contribution in [0.5, 0.6) is 0 Å². The van der Waals surface area contributed by atoms with E-state index in [1.165, 1.54) is 11.3 Å². The zero-order chi connectivity index (χ0) is 13.2. The molecule has 0 bridgehead atoms. The van der Waals surface area contributed by atoms with Gasteiger partial charge in [0, 0.05) is 17.8 Å². The van der Waals surface area contributed by atoms with E-state index in [4.69, 9.17) is 4.74 Å². The Kier molecular flexibility index (Phi) is 3.77. The van der Waals surface area contributed by atoms with Gasteiger partial charge in [-0.2, -0.15) is 0 Å². The third-order valence-electron chi connectivity index (χ3n) is 4.34. The van der Waals surface area contributed by atoms with Crippen LogP contribution in [0.25, 0.3) is 0 Å². The molecule has 0 unspecified atom stereocenters. The quantitative estimate of drug-likeness (QED) is 0.852. The van der Waals surface area contributed by atoms with E-state index in [0.29, 0.717) is 19.1 Å². The fourth-order valence-corrected chi connectivity index (χ4v) is 3.22. The van der Waals surface area contributed by atoms with Crippen LogP contribution in [0.1, 0.15) is 30.0 Å². The summed E-state index contributed by atoms with van der Waals surface area (Å²) in [6.45, 7) is 5.25. The number of aromatic nitrogens is 2. The van der Waals surface area contributed by atoms with Gasteiger partial charge in [0.2, 0.25) is 0 Å². The topological polar surface area (TPSA) is 58.5 Å². The molecule has 2 aliphatic rings. The Bertz CT molecular complexity index is 432. The van der Waals surface area contributed by atoms with Crippen molar-refractivity contribution in [2.75, 3.05) is 26.3 Å². The molecule has 1 N–H and O–H groups in total. The first-order valence-electron chi connectivity index (χ1n) is 7.02. The van der Waals surface area contributed by atoms with E-state index in [0.717, 1.165) is 25.9 Å².